The smallest absolute Gasteiger partial charge is 0.270 e. The van der Waals surface area contributed by atoms with E-state index < -0.39 is 0 Å². The minimum Gasteiger partial charge on any atom is -0.497 e. The molecule has 0 N–H and O–H groups in total. The van der Waals surface area contributed by atoms with Crippen LogP contribution in [-0.2, 0) is 4.79 Å². The van der Waals surface area contributed by atoms with E-state index in [9.17, 15) is 4.79 Å². The van der Waals surface area contributed by atoms with Gasteiger partial charge >= 0.3 is 0 Å². The van der Waals surface area contributed by atoms with Crippen LogP contribution >= 0.6 is 24.0 Å². The summed E-state index contributed by atoms with van der Waals surface area (Å²) >= 11 is 6.75. The summed E-state index contributed by atoms with van der Waals surface area (Å²) in [6.07, 6.45) is 2.55. The average molecular weight is 478 g/mol. The average Bonchev–Trinajstić information content (AvgIpc) is 3.13. The van der Waals surface area contributed by atoms with Crippen LogP contribution in [0.15, 0.2) is 83.8 Å². The highest BCUT2D eigenvalue weighted by molar-refractivity contribution is 8.27. The van der Waals surface area contributed by atoms with Crippen molar-refractivity contribution in [2.24, 2.45) is 0 Å². The molecule has 0 saturated carbocycles. The van der Waals surface area contributed by atoms with Crippen molar-refractivity contribution in [3.8, 4) is 17.2 Å². The molecule has 0 unspecified atom stereocenters. The van der Waals surface area contributed by atoms with Crippen molar-refractivity contribution in [1.29, 1.82) is 0 Å². The van der Waals surface area contributed by atoms with Crippen LogP contribution in [0.1, 0.15) is 12.0 Å². The number of rotatable bonds is 9. The molecule has 0 aromatic heterocycles. The lowest BCUT2D eigenvalue weighted by molar-refractivity contribution is -0.113. The van der Waals surface area contributed by atoms with Crippen LogP contribution in [0, 0.1) is 0 Å². The van der Waals surface area contributed by atoms with Crippen LogP contribution < -0.4 is 19.1 Å². The summed E-state index contributed by atoms with van der Waals surface area (Å²) in [5.74, 6) is 2.10. The predicted molar refractivity (Wildman–Crippen MR) is 137 cm³/mol. The molecular weight excluding hydrogens is 454 g/mol. The van der Waals surface area contributed by atoms with Gasteiger partial charge in [-0.25, -0.2) is 0 Å². The molecule has 168 valence electrons. The summed E-state index contributed by atoms with van der Waals surface area (Å²) in [5.41, 5.74) is 1.60. The normalized spacial score (nSPS) is 14.6. The van der Waals surface area contributed by atoms with Crippen molar-refractivity contribution < 1.29 is 19.0 Å². The number of para-hydroxylation sites is 2. The SMILES string of the molecule is COc1cccc(OCCCOc2ccccc2C=C2SC(=S)N(c3ccccc3)C2=O)c1. The zero-order valence-electron chi connectivity index (χ0n) is 18.1. The number of ether oxygens (including phenoxy) is 3. The third-order valence-electron chi connectivity index (χ3n) is 4.87. The van der Waals surface area contributed by atoms with E-state index in [2.05, 4.69) is 0 Å². The molecule has 1 aliphatic heterocycles. The summed E-state index contributed by atoms with van der Waals surface area (Å²) in [6.45, 7) is 1.00. The van der Waals surface area contributed by atoms with Crippen molar-refractivity contribution in [3.63, 3.8) is 0 Å². The third kappa shape index (κ3) is 5.74. The molecule has 1 saturated heterocycles. The van der Waals surface area contributed by atoms with Gasteiger partial charge < -0.3 is 14.2 Å². The first-order valence-corrected chi connectivity index (χ1v) is 11.7. The second kappa shape index (κ2) is 11.0. The Kier molecular flexibility index (Phi) is 7.65. The van der Waals surface area contributed by atoms with E-state index in [1.807, 2.05) is 84.9 Å². The fourth-order valence-corrected chi connectivity index (χ4v) is 4.55. The van der Waals surface area contributed by atoms with Gasteiger partial charge in [0.25, 0.3) is 5.91 Å². The largest absolute Gasteiger partial charge is 0.497 e. The van der Waals surface area contributed by atoms with E-state index in [-0.39, 0.29) is 5.91 Å². The lowest BCUT2D eigenvalue weighted by atomic mass is 10.2. The Bertz CT molecular complexity index is 1160. The zero-order valence-corrected chi connectivity index (χ0v) is 19.7. The van der Waals surface area contributed by atoms with Gasteiger partial charge in [0.15, 0.2) is 4.32 Å². The number of carbonyl (C=O) groups is 1. The lowest BCUT2D eigenvalue weighted by Crippen LogP contribution is -2.27. The summed E-state index contributed by atoms with van der Waals surface area (Å²) in [7, 11) is 1.63. The fraction of sp³-hybridized carbons (Fsp3) is 0.154. The van der Waals surface area contributed by atoms with Crippen LogP contribution in [0.3, 0.4) is 0 Å². The number of anilines is 1. The van der Waals surface area contributed by atoms with Crippen molar-refractivity contribution in [1.82, 2.24) is 0 Å². The molecule has 1 heterocycles. The number of nitrogens with zero attached hydrogens (tertiary/aromatic N) is 1. The molecule has 7 heteroatoms. The standard InChI is InChI=1S/C26H23NO4S2/c1-29-21-12-7-13-22(18-21)30-15-8-16-31-23-14-6-5-9-19(23)17-24-25(28)27(26(32)33-24)20-10-3-2-4-11-20/h2-7,9-14,17-18H,8,15-16H2,1H3. The fourth-order valence-electron chi connectivity index (χ4n) is 3.26. The highest BCUT2D eigenvalue weighted by atomic mass is 32.2. The van der Waals surface area contributed by atoms with Crippen LogP contribution in [-0.4, -0.2) is 30.6 Å². The maximum atomic E-state index is 13.0. The van der Waals surface area contributed by atoms with Gasteiger partial charge in [0, 0.05) is 18.1 Å². The number of thiocarbonyl (C=S) groups is 1. The molecule has 0 bridgehead atoms. The molecule has 33 heavy (non-hydrogen) atoms. The Labute approximate surface area is 203 Å². The molecule has 3 aromatic rings. The van der Waals surface area contributed by atoms with Gasteiger partial charge in [-0.1, -0.05) is 66.4 Å². The number of hydrogen-bond acceptors (Lipinski definition) is 6. The number of carbonyl (C=O) groups excluding carboxylic acids is 1. The first-order valence-electron chi connectivity index (χ1n) is 10.5. The van der Waals surface area contributed by atoms with Gasteiger partial charge in [0.2, 0.25) is 0 Å². The van der Waals surface area contributed by atoms with Crippen LogP contribution in [0.25, 0.3) is 6.08 Å². The number of amides is 1. The molecule has 0 radical (unpaired) electrons. The van der Waals surface area contributed by atoms with Gasteiger partial charge in [-0.15, -0.1) is 0 Å². The highest BCUT2D eigenvalue weighted by Crippen LogP contribution is 2.37. The van der Waals surface area contributed by atoms with Crippen LogP contribution in [0.5, 0.6) is 17.2 Å². The molecular formula is C26H23NO4S2. The Morgan fingerprint density at radius 1 is 0.909 bits per heavy atom. The summed E-state index contributed by atoms with van der Waals surface area (Å²) < 4.78 is 17.5. The first-order chi connectivity index (χ1) is 16.2. The number of methoxy groups -OCH3 is 1. The van der Waals surface area contributed by atoms with Crippen molar-refractivity contribution >= 4 is 46.0 Å². The Morgan fingerprint density at radius 3 is 2.45 bits per heavy atom. The molecule has 0 aliphatic carbocycles. The summed E-state index contributed by atoms with van der Waals surface area (Å²) in [4.78, 5) is 15.1. The quantitative estimate of drug-likeness (QED) is 0.216. The topological polar surface area (TPSA) is 48.0 Å². The minimum absolute atomic E-state index is 0.127. The van der Waals surface area contributed by atoms with Gasteiger partial charge in [-0.05, 0) is 36.4 Å². The maximum absolute atomic E-state index is 13.0. The van der Waals surface area contributed by atoms with Crippen LogP contribution in [0.2, 0.25) is 0 Å². The maximum Gasteiger partial charge on any atom is 0.270 e. The van der Waals surface area contributed by atoms with E-state index in [1.54, 1.807) is 12.0 Å². The number of thioether (sulfide) groups is 1. The molecule has 1 aliphatic rings. The summed E-state index contributed by atoms with van der Waals surface area (Å²) in [5, 5.41) is 0. The molecule has 3 aromatic carbocycles. The number of hydrogen-bond donors (Lipinski definition) is 0. The first kappa shape index (κ1) is 22.9. The Hall–Kier alpha value is -3.29. The second-order valence-electron chi connectivity index (χ2n) is 7.12. The van der Waals surface area contributed by atoms with Crippen molar-refractivity contribution in [3.05, 3.63) is 89.3 Å². The molecule has 0 spiro atoms. The van der Waals surface area contributed by atoms with E-state index in [0.29, 0.717) is 34.6 Å². The van der Waals surface area contributed by atoms with E-state index in [1.165, 1.54) is 11.8 Å². The van der Waals surface area contributed by atoms with Crippen molar-refractivity contribution in [2.75, 3.05) is 25.2 Å². The third-order valence-corrected chi connectivity index (χ3v) is 6.17. The monoisotopic (exact) mass is 477 g/mol. The minimum atomic E-state index is -0.127. The van der Waals surface area contributed by atoms with E-state index in [4.69, 9.17) is 26.4 Å². The summed E-state index contributed by atoms with van der Waals surface area (Å²) in [6, 6.07) is 24.6. The molecule has 1 amide bonds. The highest BCUT2D eigenvalue weighted by Gasteiger charge is 2.33. The molecule has 5 nitrogen and oxygen atoms in total. The number of benzene rings is 3. The Balaban J connectivity index is 1.37. The predicted octanol–water partition coefficient (Wildman–Crippen LogP) is 5.95. The van der Waals surface area contributed by atoms with E-state index in [0.717, 1.165) is 22.7 Å². The van der Waals surface area contributed by atoms with Gasteiger partial charge in [-0.2, -0.15) is 0 Å². The van der Waals surface area contributed by atoms with Crippen LogP contribution in [0.4, 0.5) is 5.69 Å². The van der Waals surface area contributed by atoms with Gasteiger partial charge in [-0.3, -0.25) is 9.69 Å². The van der Waals surface area contributed by atoms with Gasteiger partial charge in [0.1, 0.15) is 17.2 Å². The second-order valence-corrected chi connectivity index (χ2v) is 8.80. The van der Waals surface area contributed by atoms with E-state index >= 15 is 0 Å². The van der Waals surface area contributed by atoms with Crippen molar-refractivity contribution in [2.45, 2.75) is 6.42 Å². The Morgan fingerprint density at radius 2 is 1.64 bits per heavy atom. The zero-order chi connectivity index (χ0) is 23.0. The lowest BCUT2D eigenvalue weighted by Gasteiger charge is -2.14. The molecule has 4 rings (SSSR count). The molecule has 0 atom stereocenters. The molecule has 1 fully saturated rings. The van der Waals surface area contributed by atoms with Gasteiger partial charge in [0.05, 0.1) is 30.9 Å².